The zero-order valence-electron chi connectivity index (χ0n) is 8.79. The van der Waals surface area contributed by atoms with Crippen molar-refractivity contribution < 1.29 is 5.11 Å². The van der Waals surface area contributed by atoms with Crippen LogP contribution in [-0.2, 0) is 6.61 Å². The lowest BCUT2D eigenvalue weighted by atomic mass is 10.1. The van der Waals surface area contributed by atoms with E-state index < -0.39 is 0 Å². The van der Waals surface area contributed by atoms with Gasteiger partial charge in [-0.15, -0.1) is 0 Å². The van der Waals surface area contributed by atoms with E-state index in [0.29, 0.717) is 21.8 Å². The Morgan fingerprint density at radius 3 is 2.44 bits per heavy atom. The summed E-state index contributed by atoms with van der Waals surface area (Å²) >= 11 is 23.6. The first-order valence-electron chi connectivity index (χ1n) is 4.81. The van der Waals surface area contributed by atoms with Gasteiger partial charge in [0.2, 0.25) is 5.28 Å². The normalized spacial score (nSPS) is 10.7. The van der Waals surface area contributed by atoms with Gasteiger partial charge in [-0.1, -0.05) is 40.9 Å². The molecule has 0 atom stereocenters. The fraction of sp³-hybridized carbons (Fsp3) is 0.0909. The molecule has 0 spiro atoms. The summed E-state index contributed by atoms with van der Waals surface area (Å²) in [4.78, 5) is 7.75. The van der Waals surface area contributed by atoms with Gasteiger partial charge < -0.3 is 5.11 Å². The van der Waals surface area contributed by atoms with Crippen LogP contribution in [0.3, 0.4) is 0 Å². The molecule has 0 aliphatic carbocycles. The zero-order valence-corrected chi connectivity index (χ0v) is 11.8. The van der Waals surface area contributed by atoms with Crippen molar-refractivity contribution >= 4 is 46.4 Å². The molecular weight excluding hydrogens is 318 g/mol. The van der Waals surface area contributed by atoms with Gasteiger partial charge in [0.15, 0.2) is 5.15 Å². The largest absolute Gasteiger partial charge is 0.392 e. The second-order valence-electron chi connectivity index (χ2n) is 3.41. The minimum atomic E-state index is -0.178. The highest BCUT2D eigenvalue weighted by Crippen LogP contribution is 2.35. The highest BCUT2D eigenvalue weighted by Gasteiger charge is 2.15. The van der Waals surface area contributed by atoms with E-state index in [2.05, 4.69) is 9.97 Å². The smallest absolute Gasteiger partial charge is 0.224 e. The van der Waals surface area contributed by atoms with Crippen molar-refractivity contribution in [3.63, 3.8) is 0 Å². The monoisotopic (exact) mass is 322 g/mol. The Labute approximate surface area is 123 Å². The molecule has 0 unspecified atom stereocenters. The molecule has 94 valence electrons. The number of aliphatic hydroxyl groups is 1. The molecule has 1 heterocycles. The molecule has 3 nitrogen and oxygen atoms in total. The third kappa shape index (κ3) is 2.71. The Morgan fingerprint density at radius 1 is 1.06 bits per heavy atom. The Bertz CT molecular complexity index is 604. The SMILES string of the molecule is OCc1ccc(Cl)cc1-c1nc(Cl)nc(Cl)c1Cl. The summed E-state index contributed by atoms with van der Waals surface area (Å²) in [7, 11) is 0. The summed E-state index contributed by atoms with van der Waals surface area (Å²) in [6, 6.07) is 4.97. The second kappa shape index (κ2) is 5.59. The summed E-state index contributed by atoms with van der Waals surface area (Å²) in [5.41, 5.74) is 1.53. The lowest BCUT2D eigenvalue weighted by Gasteiger charge is -2.10. The van der Waals surface area contributed by atoms with Gasteiger partial charge in [-0.25, -0.2) is 9.97 Å². The number of aliphatic hydroxyl groups excluding tert-OH is 1. The Balaban J connectivity index is 2.72. The number of halogens is 4. The van der Waals surface area contributed by atoms with Gasteiger partial charge in [-0.05, 0) is 29.3 Å². The van der Waals surface area contributed by atoms with Crippen LogP contribution in [0.15, 0.2) is 18.2 Å². The molecule has 1 aromatic carbocycles. The summed E-state index contributed by atoms with van der Waals surface area (Å²) < 4.78 is 0. The van der Waals surface area contributed by atoms with Gasteiger partial charge in [0.25, 0.3) is 0 Å². The van der Waals surface area contributed by atoms with E-state index in [1.807, 2.05) is 0 Å². The van der Waals surface area contributed by atoms with E-state index in [1.54, 1.807) is 18.2 Å². The van der Waals surface area contributed by atoms with Crippen LogP contribution < -0.4 is 0 Å². The quantitative estimate of drug-likeness (QED) is 0.663. The fourth-order valence-corrected chi connectivity index (χ4v) is 2.22. The fourth-order valence-electron chi connectivity index (χ4n) is 1.48. The van der Waals surface area contributed by atoms with Crippen molar-refractivity contribution in [2.45, 2.75) is 6.61 Å². The average molecular weight is 324 g/mol. The zero-order chi connectivity index (χ0) is 13.3. The second-order valence-corrected chi connectivity index (χ2v) is 4.92. The molecule has 18 heavy (non-hydrogen) atoms. The molecule has 2 aromatic rings. The number of nitrogens with zero attached hydrogens (tertiary/aromatic N) is 2. The first-order valence-corrected chi connectivity index (χ1v) is 6.32. The molecule has 1 aromatic heterocycles. The van der Waals surface area contributed by atoms with Gasteiger partial charge in [0.05, 0.1) is 12.3 Å². The third-order valence-electron chi connectivity index (χ3n) is 2.28. The number of hydrogen-bond donors (Lipinski definition) is 1. The Hall–Kier alpha value is -0.580. The molecule has 0 aliphatic rings. The summed E-state index contributed by atoms with van der Waals surface area (Å²) in [6.45, 7) is -0.178. The number of hydrogen-bond acceptors (Lipinski definition) is 3. The molecule has 0 saturated carbocycles. The topological polar surface area (TPSA) is 46.0 Å². The third-order valence-corrected chi connectivity index (χ3v) is 3.41. The first-order chi connectivity index (χ1) is 8.52. The van der Waals surface area contributed by atoms with E-state index in [0.717, 1.165) is 0 Å². The highest BCUT2D eigenvalue weighted by atomic mass is 35.5. The molecule has 0 aliphatic heterocycles. The van der Waals surface area contributed by atoms with E-state index in [4.69, 9.17) is 46.4 Å². The van der Waals surface area contributed by atoms with Gasteiger partial charge in [0.1, 0.15) is 5.02 Å². The van der Waals surface area contributed by atoms with Crippen molar-refractivity contribution in [2.24, 2.45) is 0 Å². The van der Waals surface area contributed by atoms with Gasteiger partial charge >= 0.3 is 0 Å². The Kier molecular flexibility index (Phi) is 4.30. The maximum absolute atomic E-state index is 9.30. The predicted molar refractivity (Wildman–Crippen MR) is 73.4 cm³/mol. The van der Waals surface area contributed by atoms with Crippen molar-refractivity contribution in [3.8, 4) is 11.3 Å². The van der Waals surface area contributed by atoms with Crippen LogP contribution in [0, 0.1) is 0 Å². The summed E-state index contributed by atoms with van der Waals surface area (Å²) in [6.07, 6.45) is 0. The van der Waals surface area contributed by atoms with Crippen LogP contribution in [0.5, 0.6) is 0 Å². The Morgan fingerprint density at radius 2 is 1.78 bits per heavy atom. The average Bonchev–Trinajstić information content (AvgIpc) is 2.33. The molecule has 0 radical (unpaired) electrons. The molecule has 0 bridgehead atoms. The first kappa shape index (κ1) is 13.8. The van der Waals surface area contributed by atoms with Crippen molar-refractivity contribution in [1.29, 1.82) is 0 Å². The van der Waals surface area contributed by atoms with E-state index in [-0.39, 0.29) is 22.1 Å². The lowest BCUT2D eigenvalue weighted by Crippen LogP contribution is -1.95. The van der Waals surface area contributed by atoms with Gasteiger partial charge in [-0.3, -0.25) is 0 Å². The highest BCUT2D eigenvalue weighted by molar-refractivity contribution is 6.43. The van der Waals surface area contributed by atoms with Crippen molar-refractivity contribution in [2.75, 3.05) is 0 Å². The summed E-state index contributed by atoms with van der Waals surface area (Å²) in [5.74, 6) is 0. The van der Waals surface area contributed by atoms with Gasteiger partial charge in [0, 0.05) is 10.6 Å². The molecule has 0 amide bonds. The minimum Gasteiger partial charge on any atom is -0.392 e. The molecular formula is C11H6Cl4N2O. The van der Waals surface area contributed by atoms with Crippen LogP contribution in [0.4, 0.5) is 0 Å². The van der Waals surface area contributed by atoms with Crippen LogP contribution in [0.25, 0.3) is 11.3 Å². The number of rotatable bonds is 2. The van der Waals surface area contributed by atoms with Crippen LogP contribution >= 0.6 is 46.4 Å². The van der Waals surface area contributed by atoms with Gasteiger partial charge in [-0.2, -0.15) is 0 Å². The molecule has 1 N–H and O–H groups in total. The van der Waals surface area contributed by atoms with Crippen LogP contribution in [0.1, 0.15) is 5.56 Å². The molecule has 0 saturated heterocycles. The maximum Gasteiger partial charge on any atom is 0.224 e. The number of aromatic nitrogens is 2. The van der Waals surface area contributed by atoms with E-state index >= 15 is 0 Å². The van der Waals surface area contributed by atoms with Crippen LogP contribution in [0.2, 0.25) is 20.5 Å². The minimum absolute atomic E-state index is 0.0248. The lowest BCUT2D eigenvalue weighted by molar-refractivity contribution is 0.282. The standard InChI is InChI=1S/C11H6Cl4N2O/c12-6-2-1-5(4-18)7(3-6)9-8(13)10(14)17-11(15)16-9/h1-3,18H,4H2. The molecule has 7 heteroatoms. The molecule has 2 rings (SSSR count). The summed E-state index contributed by atoms with van der Waals surface area (Å²) in [5, 5.41) is 9.99. The van der Waals surface area contributed by atoms with E-state index in [1.165, 1.54) is 0 Å². The molecule has 0 fully saturated rings. The van der Waals surface area contributed by atoms with Crippen molar-refractivity contribution in [1.82, 2.24) is 9.97 Å². The van der Waals surface area contributed by atoms with Crippen molar-refractivity contribution in [3.05, 3.63) is 44.2 Å². The predicted octanol–water partition coefficient (Wildman–Crippen LogP) is 4.25. The number of benzene rings is 1. The van der Waals surface area contributed by atoms with Crippen LogP contribution in [-0.4, -0.2) is 15.1 Å². The van der Waals surface area contributed by atoms with E-state index in [9.17, 15) is 5.11 Å². The maximum atomic E-state index is 9.30.